The molecule has 2 heterocycles. The van der Waals surface area contributed by atoms with Gasteiger partial charge in [0.2, 0.25) is 0 Å². The number of nitrogen functional groups attached to an aromatic ring is 1. The van der Waals surface area contributed by atoms with Crippen molar-refractivity contribution in [1.29, 1.82) is 0 Å². The van der Waals surface area contributed by atoms with Crippen LogP contribution in [-0.4, -0.2) is 28.9 Å². The van der Waals surface area contributed by atoms with Crippen LogP contribution in [0.3, 0.4) is 0 Å². The first-order chi connectivity index (χ1) is 7.39. The molecule has 4 nitrogen and oxygen atoms in total. The molecule has 0 saturated carbocycles. The molecular weight excluding hydrogens is 222 g/mol. The van der Waals surface area contributed by atoms with E-state index >= 15 is 0 Å². The van der Waals surface area contributed by atoms with Gasteiger partial charge >= 0.3 is 0 Å². The minimum atomic E-state index is 0.0808. The van der Waals surface area contributed by atoms with Crippen LogP contribution in [0.15, 0.2) is 0 Å². The number of likely N-dealkylation sites (tertiary alicyclic amines) is 1. The molecule has 2 N–H and O–H groups in total. The van der Waals surface area contributed by atoms with Gasteiger partial charge in [0.1, 0.15) is 4.88 Å². The zero-order valence-electron chi connectivity index (χ0n) is 9.91. The zero-order valence-corrected chi connectivity index (χ0v) is 10.7. The third-order valence-corrected chi connectivity index (χ3v) is 3.95. The maximum atomic E-state index is 12.2. The van der Waals surface area contributed by atoms with Crippen LogP contribution in [0, 0.1) is 12.3 Å². The van der Waals surface area contributed by atoms with Crippen molar-refractivity contribution in [3.05, 3.63) is 10.6 Å². The lowest BCUT2D eigenvalue weighted by Crippen LogP contribution is -2.30. The summed E-state index contributed by atoms with van der Waals surface area (Å²) in [5, 5.41) is 0.472. The summed E-state index contributed by atoms with van der Waals surface area (Å²) < 4.78 is 0. The Morgan fingerprint density at radius 2 is 2.25 bits per heavy atom. The summed E-state index contributed by atoms with van der Waals surface area (Å²) in [6.45, 7) is 7.87. The molecule has 16 heavy (non-hydrogen) atoms. The van der Waals surface area contributed by atoms with Crippen LogP contribution in [0.1, 0.15) is 35.6 Å². The third-order valence-electron chi connectivity index (χ3n) is 2.97. The smallest absolute Gasteiger partial charge is 0.265 e. The van der Waals surface area contributed by atoms with Gasteiger partial charge in [0.15, 0.2) is 5.13 Å². The Morgan fingerprint density at radius 1 is 1.56 bits per heavy atom. The van der Waals surface area contributed by atoms with Gasteiger partial charge in [0, 0.05) is 13.1 Å². The lowest BCUT2D eigenvalue weighted by Gasteiger charge is -2.19. The highest BCUT2D eigenvalue weighted by Crippen LogP contribution is 2.31. The van der Waals surface area contributed by atoms with E-state index in [2.05, 4.69) is 18.8 Å². The maximum absolute atomic E-state index is 12.2. The fourth-order valence-electron chi connectivity index (χ4n) is 2.05. The standard InChI is InChI=1S/C11H17N3OS/c1-7-8(16-10(12)13-7)9(15)14-5-4-11(2,3)6-14/h4-6H2,1-3H3,(H2,12,13). The van der Waals surface area contributed by atoms with E-state index in [1.54, 1.807) is 0 Å². The van der Waals surface area contributed by atoms with Crippen molar-refractivity contribution in [2.75, 3.05) is 18.8 Å². The molecule has 0 aliphatic carbocycles. The molecule has 5 heteroatoms. The second kappa shape index (κ2) is 3.73. The number of carbonyl (C=O) groups excluding carboxylic acids is 1. The molecule has 1 fully saturated rings. The largest absolute Gasteiger partial charge is 0.375 e. The Balaban J connectivity index is 2.18. The average molecular weight is 239 g/mol. The van der Waals surface area contributed by atoms with Gasteiger partial charge in [-0.15, -0.1) is 0 Å². The first-order valence-electron chi connectivity index (χ1n) is 5.41. The van der Waals surface area contributed by atoms with Gasteiger partial charge in [0.25, 0.3) is 5.91 Å². The van der Waals surface area contributed by atoms with E-state index in [0.717, 1.165) is 25.2 Å². The Bertz CT molecular complexity index is 425. The van der Waals surface area contributed by atoms with Gasteiger partial charge in [0.05, 0.1) is 5.69 Å². The molecular formula is C11H17N3OS. The van der Waals surface area contributed by atoms with E-state index in [1.807, 2.05) is 11.8 Å². The second-order valence-electron chi connectivity index (χ2n) is 5.11. The molecule has 0 aromatic carbocycles. The van der Waals surface area contributed by atoms with Crippen molar-refractivity contribution >= 4 is 22.4 Å². The van der Waals surface area contributed by atoms with Gasteiger partial charge in [-0.1, -0.05) is 25.2 Å². The number of thiazole rings is 1. The number of anilines is 1. The number of hydrogen-bond acceptors (Lipinski definition) is 4. The Labute approximate surface area is 99.5 Å². The van der Waals surface area contributed by atoms with E-state index < -0.39 is 0 Å². The van der Waals surface area contributed by atoms with Crippen molar-refractivity contribution < 1.29 is 4.79 Å². The number of rotatable bonds is 1. The lowest BCUT2D eigenvalue weighted by molar-refractivity contribution is 0.0782. The predicted octanol–water partition coefficient (Wildman–Crippen LogP) is 1.91. The molecule has 0 radical (unpaired) electrons. The van der Waals surface area contributed by atoms with Crippen LogP contribution < -0.4 is 5.73 Å². The van der Waals surface area contributed by atoms with Gasteiger partial charge in [-0.2, -0.15) is 0 Å². The summed E-state index contributed by atoms with van der Waals surface area (Å²) >= 11 is 1.28. The molecule has 0 spiro atoms. The van der Waals surface area contributed by atoms with Crippen LogP contribution in [0.5, 0.6) is 0 Å². The second-order valence-corrected chi connectivity index (χ2v) is 6.14. The maximum Gasteiger partial charge on any atom is 0.265 e. The zero-order chi connectivity index (χ0) is 11.9. The molecule has 1 aromatic heterocycles. The van der Waals surface area contributed by atoms with Crippen LogP contribution in [-0.2, 0) is 0 Å². The fourth-order valence-corrected chi connectivity index (χ4v) is 2.85. The molecule has 1 amide bonds. The van der Waals surface area contributed by atoms with Crippen LogP contribution in [0.2, 0.25) is 0 Å². The van der Waals surface area contributed by atoms with E-state index in [0.29, 0.717) is 10.0 Å². The summed E-state index contributed by atoms with van der Waals surface area (Å²) in [7, 11) is 0. The highest BCUT2D eigenvalue weighted by Gasteiger charge is 2.33. The molecule has 1 aromatic rings. The summed E-state index contributed by atoms with van der Waals surface area (Å²) in [5.74, 6) is 0.0808. The minimum Gasteiger partial charge on any atom is -0.375 e. The molecule has 2 rings (SSSR count). The van der Waals surface area contributed by atoms with Crippen molar-refractivity contribution in [3.63, 3.8) is 0 Å². The van der Waals surface area contributed by atoms with Gasteiger partial charge in [-0.3, -0.25) is 4.79 Å². The number of carbonyl (C=O) groups is 1. The number of nitrogens with two attached hydrogens (primary N) is 1. The first kappa shape index (κ1) is 11.4. The topological polar surface area (TPSA) is 59.2 Å². The number of aryl methyl sites for hydroxylation is 1. The summed E-state index contributed by atoms with van der Waals surface area (Å²) in [4.78, 5) is 18.9. The van der Waals surface area contributed by atoms with Crippen molar-refractivity contribution in [2.24, 2.45) is 5.41 Å². The van der Waals surface area contributed by atoms with Crippen molar-refractivity contribution in [1.82, 2.24) is 9.88 Å². The molecule has 0 atom stereocenters. The molecule has 0 bridgehead atoms. The number of hydrogen-bond donors (Lipinski definition) is 1. The van der Waals surface area contributed by atoms with Crippen molar-refractivity contribution in [2.45, 2.75) is 27.2 Å². The molecule has 1 saturated heterocycles. The number of nitrogens with zero attached hydrogens (tertiary/aromatic N) is 2. The average Bonchev–Trinajstić information content (AvgIpc) is 2.68. The quantitative estimate of drug-likeness (QED) is 0.814. The highest BCUT2D eigenvalue weighted by molar-refractivity contribution is 7.17. The molecule has 1 aliphatic rings. The number of amides is 1. The third kappa shape index (κ3) is 2.04. The Hall–Kier alpha value is -1.10. The van der Waals surface area contributed by atoms with Gasteiger partial charge in [-0.25, -0.2) is 4.98 Å². The van der Waals surface area contributed by atoms with E-state index in [9.17, 15) is 4.79 Å². The predicted molar refractivity (Wildman–Crippen MR) is 65.6 cm³/mol. The Kier molecular flexibility index (Phi) is 2.66. The minimum absolute atomic E-state index is 0.0808. The lowest BCUT2D eigenvalue weighted by atomic mass is 9.93. The monoisotopic (exact) mass is 239 g/mol. The number of aromatic nitrogens is 1. The SMILES string of the molecule is Cc1nc(N)sc1C(=O)N1CCC(C)(C)C1. The Morgan fingerprint density at radius 3 is 2.69 bits per heavy atom. The first-order valence-corrected chi connectivity index (χ1v) is 6.23. The van der Waals surface area contributed by atoms with E-state index in [-0.39, 0.29) is 11.3 Å². The molecule has 1 aliphatic heterocycles. The molecule has 88 valence electrons. The van der Waals surface area contributed by atoms with Gasteiger partial charge < -0.3 is 10.6 Å². The molecule has 0 unspecified atom stereocenters. The normalized spacial score (nSPS) is 19.1. The van der Waals surface area contributed by atoms with Gasteiger partial charge in [-0.05, 0) is 18.8 Å². The van der Waals surface area contributed by atoms with Crippen LogP contribution >= 0.6 is 11.3 Å². The summed E-state index contributed by atoms with van der Waals surface area (Å²) in [5.41, 5.74) is 6.59. The van der Waals surface area contributed by atoms with E-state index in [4.69, 9.17) is 5.73 Å². The van der Waals surface area contributed by atoms with Crippen LogP contribution in [0.4, 0.5) is 5.13 Å². The van der Waals surface area contributed by atoms with Crippen molar-refractivity contribution in [3.8, 4) is 0 Å². The highest BCUT2D eigenvalue weighted by atomic mass is 32.1. The fraction of sp³-hybridized carbons (Fsp3) is 0.636. The van der Waals surface area contributed by atoms with E-state index in [1.165, 1.54) is 11.3 Å². The summed E-state index contributed by atoms with van der Waals surface area (Å²) in [6, 6.07) is 0. The van der Waals surface area contributed by atoms with Crippen LogP contribution in [0.25, 0.3) is 0 Å². The summed E-state index contributed by atoms with van der Waals surface area (Å²) in [6.07, 6.45) is 1.06.